The van der Waals surface area contributed by atoms with E-state index in [1.165, 1.54) is 11.3 Å². The number of fused-ring (bicyclic) bond motifs is 1. The Kier molecular flexibility index (Phi) is 10.2. The fourth-order valence-electron chi connectivity index (χ4n) is 5.08. The summed E-state index contributed by atoms with van der Waals surface area (Å²) in [6, 6.07) is 14.4. The molecule has 1 N–H and O–H groups in total. The van der Waals surface area contributed by atoms with Gasteiger partial charge in [-0.3, -0.25) is 19.3 Å². The summed E-state index contributed by atoms with van der Waals surface area (Å²) < 4.78 is 17.0. The van der Waals surface area contributed by atoms with Gasteiger partial charge in [0.05, 0.1) is 35.3 Å². The van der Waals surface area contributed by atoms with Crippen molar-refractivity contribution in [3.05, 3.63) is 80.1 Å². The molecule has 0 atom stereocenters. The molecule has 1 fully saturated rings. The van der Waals surface area contributed by atoms with Gasteiger partial charge < -0.3 is 19.5 Å². The number of thiophene rings is 1. The monoisotopic (exact) mass is 645 g/mol. The van der Waals surface area contributed by atoms with Gasteiger partial charge in [-0.2, -0.15) is 5.26 Å². The van der Waals surface area contributed by atoms with Crippen LogP contribution >= 0.6 is 23.1 Å². The average molecular weight is 646 g/mol. The summed E-state index contributed by atoms with van der Waals surface area (Å²) in [4.78, 5) is 53.9. The highest BCUT2D eigenvalue weighted by atomic mass is 32.2. The third-order valence-electron chi connectivity index (χ3n) is 7.17. The topological polar surface area (TPSA) is 135 Å². The van der Waals surface area contributed by atoms with Gasteiger partial charge in [-0.25, -0.2) is 4.79 Å². The number of aryl methyl sites for hydroxylation is 1. The molecule has 2 aromatic carbocycles. The molecule has 2 aliphatic rings. The maximum Gasteiger partial charge on any atom is 0.341 e. The fraction of sp³-hybridized carbons (Fsp3) is 0.303. The fourth-order valence-corrected chi connectivity index (χ4v) is 7.22. The zero-order valence-electron chi connectivity index (χ0n) is 24.8. The lowest BCUT2D eigenvalue weighted by molar-refractivity contribution is -0.127. The molecule has 0 unspecified atom stereocenters. The molecule has 0 radical (unpaired) electrons. The minimum absolute atomic E-state index is 0.158. The van der Waals surface area contributed by atoms with Crippen molar-refractivity contribution in [2.45, 2.75) is 46.1 Å². The molecule has 1 saturated heterocycles. The van der Waals surface area contributed by atoms with E-state index in [0.29, 0.717) is 39.8 Å². The molecule has 0 saturated carbocycles. The van der Waals surface area contributed by atoms with E-state index in [0.717, 1.165) is 58.3 Å². The zero-order valence-corrected chi connectivity index (χ0v) is 26.5. The maximum absolute atomic E-state index is 13.2. The summed E-state index contributed by atoms with van der Waals surface area (Å²) in [6.45, 7) is 3.80. The van der Waals surface area contributed by atoms with Gasteiger partial charge in [-0.15, -0.1) is 11.3 Å². The van der Waals surface area contributed by atoms with Crippen molar-refractivity contribution in [1.82, 2.24) is 4.90 Å². The van der Waals surface area contributed by atoms with Crippen molar-refractivity contribution in [3.8, 4) is 17.6 Å². The van der Waals surface area contributed by atoms with Crippen LogP contribution in [0.25, 0.3) is 6.08 Å². The second kappa shape index (κ2) is 14.5. The Bertz CT molecular complexity index is 1720. The van der Waals surface area contributed by atoms with Gasteiger partial charge >= 0.3 is 5.97 Å². The van der Waals surface area contributed by atoms with Gasteiger partial charge in [-0.05, 0) is 86.7 Å². The molecule has 3 aromatic rings. The first-order valence-electron chi connectivity index (χ1n) is 14.6. The molecule has 45 heavy (non-hydrogen) atoms. The largest absolute Gasteiger partial charge is 0.490 e. The quantitative estimate of drug-likeness (QED) is 0.188. The Hall–Kier alpha value is -4.60. The lowest BCUT2D eigenvalue weighted by Gasteiger charge is -2.14. The Morgan fingerprint density at radius 3 is 2.62 bits per heavy atom. The molecular weight excluding hydrogens is 615 g/mol. The molecule has 0 bridgehead atoms. The normalized spacial score (nSPS) is 15.0. The number of rotatable bonds is 11. The number of nitriles is 1. The van der Waals surface area contributed by atoms with Crippen LogP contribution in [0.1, 0.15) is 64.2 Å². The number of nitrogens with one attached hydrogen (secondary N) is 1. The Morgan fingerprint density at radius 1 is 1.04 bits per heavy atom. The van der Waals surface area contributed by atoms with Crippen molar-refractivity contribution in [2.24, 2.45) is 0 Å². The smallest absolute Gasteiger partial charge is 0.341 e. The first-order chi connectivity index (χ1) is 21.8. The molecule has 1 aliphatic carbocycles. The molecule has 1 aromatic heterocycles. The van der Waals surface area contributed by atoms with E-state index < -0.39 is 29.6 Å². The highest BCUT2D eigenvalue weighted by Gasteiger charge is 2.37. The van der Waals surface area contributed by atoms with Gasteiger partial charge in [0.1, 0.15) is 18.2 Å². The number of nitrogens with zero attached hydrogens (tertiary/aromatic N) is 2. The standard InChI is InChI=1S/C33H31N3O7S2/c1-3-41-25-15-20(13-14-24(25)43-19-22-10-6-5-9-21(22)17-34)16-27-31(38)36(33(40)45-27)18-28(37)35-30-29(32(39)42-4-2)23-11-7-8-12-26(23)44-30/h5-6,9-10,13-16H,3-4,7-8,11-12,18-19H2,1-2H3,(H,35,37). The summed E-state index contributed by atoms with van der Waals surface area (Å²) in [7, 11) is 0. The summed E-state index contributed by atoms with van der Waals surface area (Å²) >= 11 is 2.08. The number of hydrogen-bond acceptors (Lipinski definition) is 10. The zero-order chi connectivity index (χ0) is 31.9. The second-order valence-corrected chi connectivity index (χ2v) is 12.2. The number of imide groups is 1. The Balaban J connectivity index is 1.28. The number of ether oxygens (including phenoxy) is 3. The van der Waals surface area contributed by atoms with Gasteiger partial charge in [0.15, 0.2) is 11.5 Å². The summed E-state index contributed by atoms with van der Waals surface area (Å²) in [5, 5.41) is 11.9. The van der Waals surface area contributed by atoms with E-state index >= 15 is 0 Å². The molecular formula is C33H31N3O7S2. The van der Waals surface area contributed by atoms with E-state index in [4.69, 9.17) is 14.2 Å². The van der Waals surface area contributed by atoms with E-state index in [1.54, 1.807) is 43.3 Å². The minimum Gasteiger partial charge on any atom is -0.490 e. The van der Waals surface area contributed by atoms with Gasteiger partial charge in [0, 0.05) is 10.4 Å². The van der Waals surface area contributed by atoms with E-state index in [9.17, 15) is 24.4 Å². The van der Waals surface area contributed by atoms with Crippen molar-refractivity contribution in [3.63, 3.8) is 0 Å². The summed E-state index contributed by atoms with van der Waals surface area (Å²) in [5.74, 6) is -0.765. The van der Waals surface area contributed by atoms with Crippen molar-refractivity contribution < 1.29 is 33.4 Å². The number of thioether (sulfide) groups is 1. The Morgan fingerprint density at radius 2 is 1.84 bits per heavy atom. The number of carbonyl (C=O) groups excluding carboxylic acids is 4. The van der Waals surface area contributed by atoms with Crippen LogP contribution in [0.2, 0.25) is 0 Å². The lowest BCUT2D eigenvalue weighted by Crippen LogP contribution is -2.36. The molecule has 1 aliphatic heterocycles. The van der Waals surface area contributed by atoms with E-state index in [1.807, 2.05) is 19.1 Å². The molecule has 2 heterocycles. The average Bonchev–Trinajstić information content (AvgIpc) is 3.52. The van der Waals surface area contributed by atoms with Crippen LogP contribution in [-0.4, -0.2) is 47.7 Å². The van der Waals surface area contributed by atoms with Crippen LogP contribution in [0.5, 0.6) is 11.5 Å². The maximum atomic E-state index is 13.2. The number of carbonyl (C=O) groups is 4. The molecule has 232 valence electrons. The first kappa shape index (κ1) is 31.8. The van der Waals surface area contributed by atoms with Crippen LogP contribution in [0, 0.1) is 11.3 Å². The van der Waals surface area contributed by atoms with Gasteiger partial charge in [0.25, 0.3) is 11.1 Å². The first-order valence-corrected chi connectivity index (χ1v) is 16.2. The third-order valence-corrected chi connectivity index (χ3v) is 9.28. The van der Waals surface area contributed by atoms with Crippen LogP contribution in [0.4, 0.5) is 9.80 Å². The third kappa shape index (κ3) is 7.21. The molecule has 12 heteroatoms. The highest BCUT2D eigenvalue weighted by Crippen LogP contribution is 2.39. The van der Waals surface area contributed by atoms with E-state index in [2.05, 4.69) is 11.4 Å². The van der Waals surface area contributed by atoms with Gasteiger partial charge in [0.2, 0.25) is 5.91 Å². The Labute approximate surface area is 269 Å². The molecule has 5 rings (SSSR count). The highest BCUT2D eigenvalue weighted by molar-refractivity contribution is 8.18. The summed E-state index contributed by atoms with van der Waals surface area (Å²) in [6.07, 6.45) is 5.07. The van der Waals surface area contributed by atoms with Crippen LogP contribution in [0.3, 0.4) is 0 Å². The molecule has 3 amide bonds. The molecule has 0 spiro atoms. The second-order valence-electron chi connectivity index (χ2n) is 10.1. The van der Waals surface area contributed by atoms with Gasteiger partial charge in [-0.1, -0.05) is 24.3 Å². The van der Waals surface area contributed by atoms with Crippen molar-refractivity contribution in [1.29, 1.82) is 5.26 Å². The number of anilines is 1. The minimum atomic E-state index is -0.595. The molecule has 10 nitrogen and oxygen atoms in total. The number of esters is 1. The SMILES string of the molecule is CCOC(=O)c1c(NC(=O)CN2C(=O)SC(=Cc3ccc(OCc4ccccc4C#N)c(OCC)c3)C2=O)sc2c1CCCC2. The number of amides is 3. The lowest BCUT2D eigenvalue weighted by atomic mass is 9.95. The predicted molar refractivity (Wildman–Crippen MR) is 171 cm³/mol. The van der Waals surface area contributed by atoms with Crippen molar-refractivity contribution >= 4 is 57.2 Å². The van der Waals surface area contributed by atoms with Crippen LogP contribution in [-0.2, 0) is 33.8 Å². The van der Waals surface area contributed by atoms with E-state index in [-0.39, 0.29) is 18.1 Å². The number of hydrogen-bond donors (Lipinski definition) is 1. The predicted octanol–water partition coefficient (Wildman–Crippen LogP) is 6.33. The number of benzene rings is 2. The summed E-state index contributed by atoms with van der Waals surface area (Å²) in [5.41, 5.74) is 3.13. The van der Waals surface area contributed by atoms with Crippen LogP contribution < -0.4 is 14.8 Å². The van der Waals surface area contributed by atoms with Crippen molar-refractivity contribution in [2.75, 3.05) is 25.1 Å². The van der Waals surface area contributed by atoms with Crippen LogP contribution in [0.15, 0.2) is 47.4 Å².